The maximum atomic E-state index is 10.5. The monoisotopic (exact) mass is 178 g/mol. The van der Waals surface area contributed by atoms with Gasteiger partial charge in [0.25, 0.3) is 0 Å². The van der Waals surface area contributed by atoms with Gasteiger partial charge in [-0.05, 0) is 17.7 Å². The Morgan fingerprint density at radius 2 is 2.00 bits per heavy atom. The standard InChI is InChI=1S/C10H10O3/c1-2-7(6-11)8-3-4-9(12)10(13)5-8/h2-7,12-13H,1H2. The van der Waals surface area contributed by atoms with Crippen LogP contribution in [0.25, 0.3) is 0 Å². The van der Waals surface area contributed by atoms with Gasteiger partial charge in [0.05, 0.1) is 5.92 Å². The van der Waals surface area contributed by atoms with Crippen LogP contribution in [0.5, 0.6) is 11.5 Å². The quantitative estimate of drug-likeness (QED) is 0.419. The van der Waals surface area contributed by atoms with E-state index in [9.17, 15) is 4.79 Å². The van der Waals surface area contributed by atoms with Crippen LogP contribution in [0.4, 0.5) is 0 Å². The zero-order chi connectivity index (χ0) is 9.84. The molecule has 0 heterocycles. The van der Waals surface area contributed by atoms with Gasteiger partial charge in [0, 0.05) is 0 Å². The molecule has 13 heavy (non-hydrogen) atoms. The van der Waals surface area contributed by atoms with Crippen molar-refractivity contribution in [2.45, 2.75) is 5.92 Å². The second kappa shape index (κ2) is 3.76. The van der Waals surface area contributed by atoms with E-state index in [0.717, 1.165) is 6.29 Å². The summed E-state index contributed by atoms with van der Waals surface area (Å²) < 4.78 is 0. The van der Waals surface area contributed by atoms with Gasteiger partial charge in [0.15, 0.2) is 11.5 Å². The first-order chi connectivity index (χ1) is 6.19. The van der Waals surface area contributed by atoms with Crippen LogP contribution in [0.3, 0.4) is 0 Å². The summed E-state index contributed by atoms with van der Waals surface area (Å²) in [7, 11) is 0. The molecule has 0 aromatic heterocycles. The molecule has 0 aliphatic heterocycles. The Bertz CT molecular complexity index is 323. The number of aromatic hydroxyl groups is 2. The predicted molar refractivity (Wildman–Crippen MR) is 48.8 cm³/mol. The van der Waals surface area contributed by atoms with E-state index in [1.807, 2.05) is 0 Å². The Kier molecular flexibility index (Phi) is 2.69. The van der Waals surface area contributed by atoms with Crippen molar-refractivity contribution in [1.82, 2.24) is 0 Å². The highest BCUT2D eigenvalue weighted by Crippen LogP contribution is 2.28. The van der Waals surface area contributed by atoms with Gasteiger partial charge in [-0.1, -0.05) is 12.1 Å². The van der Waals surface area contributed by atoms with E-state index in [2.05, 4.69) is 6.58 Å². The summed E-state index contributed by atoms with van der Waals surface area (Å²) in [5, 5.41) is 18.1. The minimum Gasteiger partial charge on any atom is -0.504 e. The number of carbonyl (C=O) groups is 1. The molecule has 3 nitrogen and oxygen atoms in total. The SMILES string of the molecule is C=CC(C=O)c1ccc(O)c(O)c1. The van der Waals surface area contributed by atoms with Crippen LogP contribution < -0.4 is 0 Å². The molecular formula is C10H10O3. The lowest BCUT2D eigenvalue weighted by molar-refractivity contribution is -0.108. The van der Waals surface area contributed by atoms with E-state index in [1.54, 1.807) is 6.07 Å². The number of allylic oxidation sites excluding steroid dienone is 1. The van der Waals surface area contributed by atoms with E-state index >= 15 is 0 Å². The second-order valence-corrected chi connectivity index (χ2v) is 2.65. The highest BCUT2D eigenvalue weighted by atomic mass is 16.3. The van der Waals surface area contributed by atoms with Gasteiger partial charge in [-0.3, -0.25) is 0 Å². The smallest absolute Gasteiger partial charge is 0.157 e. The third-order valence-corrected chi connectivity index (χ3v) is 1.78. The van der Waals surface area contributed by atoms with Gasteiger partial charge in [-0.15, -0.1) is 6.58 Å². The number of hydrogen-bond donors (Lipinski definition) is 2. The molecule has 0 saturated heterocycles. The Morgan fingerprint density at radius 1 is 1.31 bits per heavy atom. The van der Waals surface area contributed by atoms with Crippen LogP contribution in [-0.4, -0.2) is 16.5 Å². The number of hydrogen-bond acceptors (Lipinski definition) is 3. The van der Waals surface area contributed by atoms with Crippen molar-refractivity contribution < 1.29 is 15.0 Å². The number of phenols is 2. The fourth-order valence-corrected chi connectivity index (χ4v) is 1.02. The summed E-state index contributed by atoms with van der Waals surface area (Å²) in [4.78, 5) is 10.5. The molecule has 1 aromatic rings. The molecule has 68 valence electrons. The van der Waals surface area contributed by atoms with Crippen LogP contribution in [-0.2, 0) is 4.79 Å². The largest absolute Gasteiger partial charge is 0.504 e. The number of rotatable bonds is 3. The van der Waals surface area contributed by atoms with Crippen molar-refractivity contribution >= 4 is 6.29 Å². The van der Waals surface area contributed by atoms with Gasteiger partial charge in [0.1, 0.15) is 6.29 Å². The Balaban J connectivity index is 3.08. The van der Waals surface area contributed by atoms with Crippen molar-refractivity contribution in [3.05, 3.63) is 36.4 Å². The summed E-state index contributed by atoms with van der Waals surface area (Å²) >= 11 is 0. The fraction of sp³-hybridized carbons (Fsp3) is 0.100. The van der Waals surface area contributed by atoms with Gasteiger partial charge in [0.2, 0.25) is 0 Å². The molecule has 1 rings (SSSR count). The fourth-order valence-electron chi connectivity index (χ4n) is 1.02. The lowest BCUT2D eigenvalue weighted by Gasteiger charge is -2.05. The summed E-state index contributed by atoms with van der Waals surface area (Å²) in [6.07, 6.45) is 2.19. The van der Waals surface area contributed by atoms with Crippen molar-refractivity contribution in [2.24, 2.45) is 0 Å². The van der Waals surface area contributed by atoms with Crippen LogP contribution in [0, 0.1) is 0 Å². The number of benzene rings is 1. The summed E-state index contributed by atoms with van der Waals surface area (Å²) in [6, 6.07) is 4.25. The minimum atomic E-state index is -0.438. The van der Waals surface area contributed by atoms with Gasteiger partial charge < -0.3 is 15.0 Å². The number of aldehydes is 1. The maximum Gasteiger partial charge on any atom is 0.157 e. The average molecular weight is 178 g/mol. The first kappa shape index (κ1) is 9.32. The van der Waals surface area contributed by atoms with Crippen LogP contribution in [0.15, 0.2) is 30.9 Å². The second-order valence-electron chi connectivity index (χ2n) is 2.65. The summed E-state index contributed by atoms with van der Waals surface area (Å²) in [6.45, 7) is 3.48. The van der Waals surface area contributed by atoms with E-state index in [0.29, 0.717) is 5.56 Å². The van der Waals surface area contributed by atoms with E-state index in [4.69, 9.17) is 10.2 Å². The van der Waals surface area contributed by atoms with E-state index in [1.165, 1.54) is 18.2 Å². The molecule has 0 spiro atoms. The topological polar surface area (TPSA) is 57.5 Å². The van der Waals surface area contributed by atoms with E-state index < -0.39 is 5.92 Å². The zero-order valence-electron chi connectivity index (χ0n) is 6.97. The normalized spacial score (nSPS) is 12.0. The molecule has 3 heteroatoms. The predicted octanol–water partition coefficient (Wildman–Crippen LogP) is 1.57. The molecule has 1 unspecified atom stereocenters. The molecule has 0 amide bonds. The molecular weight excluding hydrogens is 168 g/mol. The van der Waals surface area contributed by atoms with Gasteiger partial charge in [-0.25, -0.2) is 0 Å². The number of phenolic OH excluding ortho intramolecular Hbond substituents is 2. The highest BCUT2D eigenvalue weighted by molar-refractivity contribution is 5.66. The highest BCUT2D eigenvalue weighted by Gasteiger charge is 2.08. The molecule has 1 atom stereocenters. The number of carbonyl (C=O) groups excluding carboxylic acids is 1. The molecule has 0 bridgehead atoms. The molecule has 0 radical (unpaired) electrons. The van der Waals surface area contributed by atoms with Crippen molar-refractivity contribution in [3.63, 3.8) is 0 Å². The van der Waals surface area contributed by atoms with Gasteiger partial charge >= 0.3 is 0 Å². The van der Waals surface area contributed by atoms with Crippen LogP contribution in [0.2, 0.25) is 0 Å². The zero-order valence-corrected chi connectivity index (χ0v) is 6.97. The Hall–Kier alpha value is -1.77. The Labute approximate surface area is 76.0 Å². The molecule has 0 aliphatic carbocycles. The third kappa shape index (κ3) is 1.87. The first-order valence-electron chi connectivity index (χ1n) is 3.78. The summed E-state index contributed by atoms with van der Waals surface area (Å²) in [5.41, 5.74) is 0.611. The van der Waals surface area contributed by atoms with Crippen molar-refractivity contribution in [1.29, 1.82) is 0 Å². The summed E-state index contributed by atoms with van der Waals surface area (Å²) in [5.74, 6) is -0.866. The molecule has 2 N–H and O–H groups in total. The maximum absolute atomic E-state index is 10.5. The van der Waals surface area contributed by atoms with Crippen LogP contribution >= 0.6 is 0 Å². The Morgan fingerprint density at radius 3 is 2.46 bits per heavy atom. The average Bonchev–Trinajstić information content (AvgIpc) is 2.13. The van der Waals surface area contributed by atoms with Crippen molar-refractivity contribution in [2.75, 3.05) is 0 Å². The molecule has 0 aliphatic rings. The van der Waals surface area contributed by atoms with Gasteiger partial charge in [-0.2, -0.15) is 0 Å². The first-order valence-corrected chi connectivity index (χ1v) is 3.78. The molecule has 0 fully saturated rings. The lowest BCUT2D eigenvalue weighted by atomic mass is 10.0. The van der Waals surface area contributed by atoms with Crippen LogP contribution in [0.1, 0.15) is 11.5 Å². The van der Waals surface area contributed by atoms with Crippen molar-refractivity contribution in [3.8, 4) is 11.5 Å². The third-order valence-electron chi connectivity index (χ3n) is 1.78. The molecule has 1 aromatic carbocycles. The minimum absolute atomic E-state index is 0.197. The molecule has 0 saturated carbocycles. The van der Waals surface area contributed by atoms with E-state index in [-0.39, 0.29) is 11.5 Å². The lowest BCUT2D eigenvalue weighted by Crippen LogP contribution is -1.94.